The molecule has 1 rings (SSSR count). The van der Waals surface area contributed by atoms with E-state index in [9.17, 15) is 63.0 Å². The van der Waals surface area contributed by atoms with E-state index in [2.05, 4.69) is 21.3 Å². The predicted molar refractivity (Wildman–Crippen MR) is 266 cm³/mol. The predicted octanol–water partition coefficient (Wildman–Crippen LogP) is 1.55. The fourth-order valence-electron chi connectivity index (χ4n) is 7.69. The molecule has 0 aromatic heterocycles. The van der Waals surface area contributed by atoms with E-state index < -0.39 is 66.9 Å². The molecule has 0 heterocycles. The fraction of sp³-hybridized carbons (Fsp3) is 0.776. The van der Waals surface area contributed by atoms with Crippen molar-refractivity contribution in [2.24, 2.45) is 23.7 Å². The van der Waals surface area contributed by atoms with E-state index in [0.717, 1.165) is 12.8 Å². The quantitative estimate of drug-likeness (QED) is 0.0390. The second-order valence-corrected chi connectivity index (χ2v) is 19.1. The van der Waals surface area contributed by atoms with E-state index >= 15 is 0 Å². The zero-order valence-corrected chi connectivity index (χ0v) is 43.5. The molecule has 24 nitrogen and oxygen atoms in total. The highest BCUT2D eigenvalue weighted by atomic mass is 32.2. The maximum Gasteiger partial charge on any atom is 0.326 e. The summed E-state index contributed by atoms with van der Waals surface area (Å²) in [6.07, 6.45) is 5.82. The van der Waals surface area contributed by atoms with Crippen LogP contribution in [0.15, 0.2) is 0 Å². The molecule has 0 spiro atoms. The van der Waals surface area contributed by atoms with Gasteiger partial charge in [0.15, 0.2) is 0 Å². The molecular weight excluding hydrogens is 997 g/mol. The number of amides is 4. The van der Waals surface area contributed by atoms with Gasteiger partial charge in [0, 0.05) is 75.8 Å². The number of carbonyl (C=O) groups excluding carboxylic acids is 7. The van der Waals surface area contributed by atoms with Crippen molar-refractivity contribution in [1.29, 1.82) is 0 Å². The first-order valence-electron chi connectivity index (χ1n) is 25.5. The summed E-state index contributed by atoms with van der Waals surface area (Å²) < 4.78 is 21.3. The number of ketones is 3. The van der Waals surface area contributed by atoms with Gasteiger partial charge in [-0.15, -0.1) is 0 Å². The van der Waals surface area contributed by atoms with E-state index in [4.69, 9.17) is 34.3 Å². The third-order valence-electron chi connectivity index (χ3n) is 12.1. The Morgan fingerprint density at radius 3 is 1.78 bits per heavy atom. The number of ether oxygens (including phenoxy) is 4. The maximum absolute atomic E-state index is 12.8. The van der Waals surface area contributed by atoms with Crippen LogP contribution in [0.3, 0.4) is 0 Å². The van der Waals surface area contributed by atoms with Crippen LogP contribution in [0.4, 0.5) is 0 Å². The van der Waals surface area contributed by atoms with Crippen molar-refractivity contribution in [1.82, 2.24) is 21.3 Å². The second kappa shape index (κ2) is 41.2. The highest BCUT2D eigenvalue weighted by Gasteiger charge is 2.30. The lowest BCUT2D eigenvalue weighted by molar-refractivity contribution is -0.145. The molecule has 4 amide bonds. The molecule has 1 saturated carbocycles. The first-order valence-corrected chi connectivity index (χ1v) is 26.6. The van der Waals surface area contributed by atoms with Crippen LogP contribution in [-0.4, -0.2) is 187 Å². The van der Waals surface area contributed by atoms with Crippen molar-refractivity contribution in [2.75, 3.05) is 84.1 Å². The van der Waals surface area contributed by atoms with E-state index in [1.54, 1.807) is 6.92 Å². The summed E-state index contributed by atoms with van der Waals surface area (Å²) >= 11 is 1.23. The molecule has 0 unspecified atom stereocenters. The van der Waals surface area contributed by atoms with E-state index in [1.165, 1.54) is 11.8 Å². The Morgan fingerprint density at radius 1 is 0.568 bits per heavy atom. The van der Waals surface area contributed by atoms with Crippen molar-refractivity contribution in [3.05, 3.63) is 0 Å². The normalized spacial score (nSPS) is 15.9. The van der Waals surface area contributed by atoms with Crippen LogP contribution >= 0.6 is 11.8 Å². The molecule has 0 bridgehead atoms. The number of hydrogen-bond acceptors (Lipinski definition) is 17. The van der Waals surface area contributed by atoms with Crippen molar-refractivity contribution in [3.63, 3.8) is 0 Å². The largest absolute Gasteiger partial charge is 0.481 e. The molecule has 25 heteroatoms. The molecule has 0 radical (unpaired) electrons. The molecule has 422 valence electrons. The minimum Gasteiger partial charge on any atom is -0.481 e. The number of Topliss-reactive ketones (excluding diaryl/α,β-unsaturated/α-hetero) is 3. The van der Waals surface area contributed by atoms with Crippen LogP contribution in [-0.2, 0) is 71.7 Å². The van der Waals surface area contributed by atoms with Crippen molar-refractivity contribution < 1.29 is 97.2 Å². The molecule has 0 saturated heterocycles. The number of rotatable bonds is 47. The Bertz CT molecular complexity index is 1760. The van der Waals surface area contributed by atoms with Gasteiger partial charge in [0.2, 0.25) is 23.6 Å². The van der Waals surface area contributed by atoms with Crippen molar-refractivity contribution in [3.8, 4) is 0 Å². The van der Waals surface area contributed by atoms with Gasteiger partial charge in [-0.25, -0.2) is 9.59 Å². The second-order valence-electron chi connectivity index (χ2n) is 18.1. The minimum atomic E-state index is -1.24. The van der Waals surface area contributed by atoms with E-state index in [0.29, 0.717) is 63.5 Å². The van der Waals surface area contributed by atoms with Crippen LogP contribution in [0.1, 0.15) is 122 Å². The van der Waals surface area contributed by atoms with Crippen molar-refractivity contribution >= 4 is 76.6 Å². The first kappa shape index (κ1) is 66.9. The van der Waals surface area contributed by atoms with Crippen molar-refractivity contribution in [2.45, 2.75) is 135 Å². The van der Waals surface area contributed by atoms with Gasteiger partial charge in [-0.1, -0.05) is 6.92 Å². The van der Waals surface area contributed by atoms with Gasteiger partial charge in [-0.05, 0) is 83.0 Å². The summed E-state index contributed by atoms with van der Waals surface area (Å²) in [6.45, 7) is 1.78. The number of aliphatic hydroxyl groups excluding tert-OH is 1. The average molecular weight is 1080 g/mol. The highest BCUT2D eigenvalue weighted by Crippen LogP contribution is 2.32. The van der Waals surface area contributed by atoms with Crippen LogP contribution < -0.4 is 21.3 Å². The smallest absolute Gasteiger partial charge is 0.326 e. The SMILES string of the molecule is CC[C@@H](CSCC(=O)NCCCC[C@H](NC(=O)COCCOCCNC(=O)COCCOCCCC(=O)CC[C@@H](NC(=O)C1CCC(CCC(=O)CCCC(=O)O)CC1)C(=O)O)C(=O)O)C(=O)C[C@@H](CO)C(=O)O. The van der Waals surface area contributed by atoms with Gasteiger partial charge in [0.05, 0.1) is 51.3 Å². The zero-order valence-electron chi connectivity index (χ0n) is 42.7. The number of aliphatic carboxylic acids is 4. The standard InChI is InChI=1S/C49H80N4O20S/c1-2-34(41(57)27-36(28-54)47(64)65)31-74-32-44(60)50-19-4-3-9-39(48(66)67)52-43(59)30-73-26-24-71-22-20-51-42(58)29-72-25-23-70-21-6-8-38(56)17-18-40(49(68)69)53-46(63)35-14-11-33(12-15-35)13-16-37(55)7-5-10-45(61)62/h33-36,39-40,54H,2-32H2,1H3,(H,50,60)(H,51,58)(H,52,59)(H,53,63)(H,61,62)(H,64,65)(H,66,67)(H,68,69)/t33?,34-,35?,36-,39-,40+/m0/s1. The third-order valence-corrected chi connectivity index (χ3v) is 13.2. The third kappa shape index (κ3) is 33.7. The highest BCUT2D eigenvalue weighted by molar-refractivity contribution is 7.99. The molecule has 1 aliphatic rings. The number of carboxylic acid groups (broad SMARTS) is 4. The molecule has 0 aliphatic heterocycles. The van der Waals surface area contributed by atoms with Gasteiger partial charge in [0.25, 0.3) is 0 Å². The number of carbonyl (C=O) groups is 11. The minimum absolute atomic E-state index is 0.0275. The van der Waals surface area contributed by atoms with E-state index in [-0.39, 0.29) is 157 Å². The number of thioether (sulfide) groups is 1. The summed E-state index contributed by atoms with van der Waals surface area (Å²) in [6, 6.07) is -2.36. The van der Waals surface area contributed by atoms with E-state index in [1.807, 2.05) is 0 Å². The number of nitrogens with one attached hydrogen (secondary N) is 4. The summed E-state index contributed by atoms with van der Waals surface area (Å²) in [5.41, 5.74) is 0. The summed E-state index contributed by atoms with van der Waals surface area (Å²) in [5, 5.41) is 56.4. The summed E-state index contributed by atoms with van der Waals surface area (Å²) in [5.74, 6) is -7.96. The lowest BCUT2D eigenvalue weighted by Crippen LogP contribution is -2.44. The molecule has 0 aromatic carbocycles. The van der Waals surface area contributed by atoms with Gasteiger partial charge < -0.3 is 65.7 Å². The number of unbranched alkanes of at least 4 members (excludes halogenated alkanes) is 1. The lowest BCUT2D eigenvalue weighted by atomic mass is 9.79. The molecular formula is C49H80N4O20S. The van der Waals surface area contributed by atoms with Crippen LogP contribution in [0.2, 0.25) is 0 Å². The summed E-state index contributed by atoms with van der Waals surface area (Å²) in [4.78, 5) is 131. The summed E-state index contributed by atoms with van der Waals surface area (Å²) in [7, 11) is 0. The molecule has 0 aromatic rings. The Labute approximate surface area is 436 Å². The number of aliphatic hydroxyl groups is 1. The monoisotopic (exact) mass is 1080 g/mol. The lowest BCUT2D eigenvalue weighted by Gasteiger charge is -2.28. The van der Waals surface area contributed by atoms with Gasteiger partial charge in [-0.2, -0.15) is 11.8 Å². The number of carboxylic acids is 4. The number of hydrogen-bond donors (Lipinski definition) is 9. The fourth-order valence-corrected chi connectivity index (χ4v) is 8.80. The van der Waals surface area contributed by atoms with Gasteiger partial charge in [0.1, 0.15) is 42.6 Å². The first-order chi connectivity index (χ1) is 35.4. The van der Waals surface area contributed by atoms with Gasteiger partial charge >= 0.3 is 23.9 Å². The molecule has 9 N–H and O–H groups in total. The van der Waals surface area contributed by atoms with Gasteiger partial charge in [-0.3, -0.25) is 43.2 Å². The Balaban J connectivity index is 2.06. The molecule has 1 aliphatic carbocycles. The zero-order chi connectivity index (χ0) is 55.1. The Hall–Kier alpha value is -5.08. The maximum atomic E-state index is 12.8. The topological polar surface area (TPSA) is 374 Å². The Kier molecular flexibility index (Phi) is 37.3. The Morgan fingerprint density at radius 2 is 1.16 bits per heavy atom. The van der Waals surface area contributed by atoms with Crippen LogP contribution in [0.5, 0.6) is 0 Å². The molecule has 74 heavy (non-hydrogen) atoms. The average Bonchev–Trinajstić information content (AvgIpc) is 3.35. The molecule has 4 atom stereocenters. The van der Waals surface area contributed by atoms with Crippen LogP contribution in [0.25, 0.3) is 0 Å². The molecule has 1 fully saturated rings. The van der Waals surface area contributed by atoms with Crippen LogP contribution in [0, 0.1) is 23.7 Å².